The number of aliphatic hydroxyl groups excluding tert-OH is 1. The van der Waals surface area contributed by atoms with Gasteiger partial charge in [0.25, 0.3) is 5.78 Å². The number of nitrogens with zero attached hydrogens (tertiary/aromatic N) is 3. The fourth-order valence-corrected chi connectivity index (χ4v) is 4.18. The van der Waals surface area contributed by atoms with Crippen LogP contribution < -0.4 is 5.32 Å². The number of hydrogen-bond acceptors (Lipinski definition) is 7. The average Bonchev–Trinajstić information content (AvgIpc) is 2.93. The molecule has 4 rings (SSSR count). The van der Waals surface area contributed by atoms with Crippen molar-refractivity contribution in [3.05, 3.63) is 70.8 Å². The Morgan fingerprint density at radius 3 is 2.32 bits per heavy atom. The number of Topliss-reactive ketones (excluding diaryl/α,β-unsaturated/α-hetero) is 1. The van der Waals surface area contributed by atoms with Crippen molar-refractivity contribution in [1.29, 1.82) is 0 Å². The summed E-state index contributed by atoms with van der Waals surface area (Å²) in [4.78, 5) is 33.8. The molecule has 0 aromatic heterocycles. The van der Waals surface area contributed by atoms with E-state index in [-0.39, 0.29) is 24.3 Å². The lowest BCUT2D eigenvalue weighted by Crippen LogP contribution is -2.35. The predicted octanol–water partition coefficient (Wildman–Crippen LogP) is 1.94. The highest BCUT2D eigenvalue weighted by atomic mass is 16.5. The minimum atomic E-state index is -0.791. The van der Waals surface area contributed by atoms with Gasteiger partial charge in [0.1, 0.15) is 6.34 Å². The van der Waals surface area contributed by atoms with Crippen LogP contribution in [-0.4, -0.2) is 79.2 Å². The van der Waals surface area contributed by atoms with Crippen molar-refractivity contribution >= 4 is 23.7 Å². The number of hydrogen-bond donors (Lipinski definition) is 2. The van der Waals surface area contributed by atoms with Gasteiger partial charge in [0.05, 0.1) is 25.5 Å². The number of ketones is 1. The van der Waals surface area contributed by atoms with Crippen LogP contribution in [-0.2, 0) is 20.9 Å². The molecule has 8 nitrogen and oxygen atoms in total. The van der Waals surface area contributed by atoms with Gasteiger partial charge in [0.2, 0.25) is 0 Å². The summed E-state index contributed by atoms with van der Waals surface area (Å²) in [7, 11) is 0. The van der Waals surface area contributed by atoms with E-state index < -0.39 is 11.7 Å². The Kier molecular flexibility index (Phi) is 9.46. The van der Waals surface area contributed by atoms with Crippen molar-refractivity contribution < 1.29 is 19.4 Å². The van der Waals surface area contributed by atoms with Crippen LogP contribution >= 0.6 is 0 Å². The number of morpholine rings is 1. The Morgan fingerprint density at radius 1 is 1.03 bits per heavy atom. The monoisotopic (exact) mass is 500 g/mol. The molecule has 1 saturated heterocycles. The number of amides is 1. The molecule has 2 aromatic carbocycles. The third kappa shape index (κ3) is 7.75. The zero-order valence-electron chi connectivity index (χ0n) is 21.0. The summed E-state index contributed by atoms with van der Waals surface area (Å²) >= 11 is 0. The molecule has 1 fully saturated rings. The van der Waals surface area contributed by atoms with Crippen molar-refractivity contribution in [2.75, 3.05) is 39.5 Å². The van der Waals surface area contributed by atoms with Crippen LogP contribution in [0.15, 0.2) is 58.5 Å². The quantitative estimate of drug-likeness (QED) is 0.403. The lowest BCUT2D eigenvalue weighted by Gasteiger charge is -2.26. The van der Waals surface area contributed by atoms with Crippen molar-refractivity contribution in [3.8, 4) is 11.8 Å². The maximum absolute atomic E-state index is 12.2. The summed E-state index contributed by atoms with van der Waals surface area (Å²) in [5.74, 6) is 4.87. The first-order chi connectivity index (χ1) is 18.0. The van der Waals surface area contributed by atoms with E-state index in [1.165, 1.54) is 5.56 Å². The van der Waals surface area contributed by atoms with Crippen LogP contribution in [0.5, 0.6) is 0 Å². The topological polar surface area (TPSA) is 104 Å². The summed E-state index contributed by atoms with van der Waals surface area (Å²) in [6.45, 7) is 6.83. The first-order valence-electron chi connectivity index (χ1n) is 12.5. The number of nitrogens with one attached hydrogen (secondary N) is 1. The third-order valence-corrected chi connectivity index (χ3v) is 6.47. The fraction of sp³-hybridized carbons (Fsp3) is 0.379. The van der Waals surface area contributed by atoms with E-state index in [0.29, 0.717) is 13.0 Å². The minimum absolute atomic E-state index is 0.000460. The van der Waals surface area contributed by atoms with Crippen LogP contribution in [0.4, 0.5) is 0 Å². The second kappa shape index (κ2) is 13.2. The molecule has 0 saturated carbocycles. The van der Waals surface area contributed by atoms with Gasteiger partial charge >= 0.3 is 5.91 Å². The van der Waals surface area contributed by atoms with Crippen LogP contribution in [0.1, 0.15) is 41.5 Å². The summed E-state index contributed by atoms with van der Waals surface area (Å²) in [6.07, 6.45) is 1.43. The van der Waals surface area contributed by atoms with E-state index in [0.717, 1.165) is 55.9 Å². The van der Waals surface area contributed by atoms with E-state index >= 15 is 0 Å². The van der Waals surface area contributed by atoms with E-state index in [1.54, 1.807) is 0 Å². The Balaban J connectivity index is 1.41. The van der Waals surface area contributed by atoms with Crippen LogP contribution in [0, 0.1) is 11.8 Å². The standard InChI is InChI=1S/C29H32N4O4/c1-21(19-34)30-17-26(16-27-28(35)29(36)32-20-31-27)25-10-8-23(9-11-25)3-2-22-4-6-24(7-5-22)18-33-12-14-37-15-13-33/h4-11,20-21,26,30,34H,12-19H2,1H3/t21-,26?/m1/s1. The molecule has 192 valence electrons. The average molecular weight is 501 g/mol. The molecule has 2 aromatic rings. The molecule has 2 aliphatic rings. The second-order valence-corrected chi connectivity index (χ2v) is 9.31. The van der Waals surface area contributed by atoms with Crippen molar-refractivity contribution in [2.45, 2.75) is 31.8 Å². The van der Waals surface area contributed by atoms with Crippen molar-refractivity contribution in [2.24, 2.45) is 9.98 Å². The zero-order valence-corrected chi connectivity index (χ0v) is 21.0. The van der Waals surface area contributed by atoms with Gasteiger partial charge < -0.3 is 15.2 Å². The van der Waals surface area contributed by atoms with Crippen molar-refractivity contribution in [3.63, 3.8) is 0 Å². The molecule has 2 aliphatic heterocycles. The molecule has 2 atom stereocenters. The highest BCUT2D eigenvalue weighted by Crippen LogP contribution is 2.22. The second-order valence-electron chi connectivity index (χ2n) is 9.31. The molecular formula is C29H32N4O4. The number of aliphatic hydroxyl groups is 1. The summed E-state index contributed by atoms with van der Waals surface area (Å²) in [5.41, 5.74) is 4.28. The first-order valence-corrected chi connectivity index (χ1v) is 12.5. The minimum Gasteiger partial charge on any atom is -0.395 e. The maximum Gasteiger partial charge on any atom is 0.320 e. The molecule has 1 unspecified atom stereocenters. The van der Waals surface area contributed by atoms with Gasteiger partial charge in [-0.1, -0.05) is 36.1 Å². The number of carbonyl (C=O) groups is 2. The number of aliphatic imine (C=N–C) groups is 2. The maximum atomic E-state index is 12.2. The molecule has 0 aliphatic carbocycles. The van der Waals surface area contributed by atoms with Gasteiger partial charge in [-0.25, -0.2) is 4.99 Å². The molecule has 1 amide bonds. The summed E-state index contributed by atoms with van der Waals surface area (Å²) in [6, 6.07) is 16.1. The smallest absolute Gasteiger partial charge is 0.320 e. The number of rotatable bonds is 9. The highest BCUT2D eigenvalue weighted by Gasteiger charge is 2.26. The Morgan fingerprint density at radius 2 is 1.68 bits per heavy atom. The number of ether oxygens (including phenoxy) is 1. The molecule has 0 radical (unpaired) electrons. The van der Waals surface area contributed by atoms with Gasteiger partial charge in [-0.15, -0.1) is 0 Å². The molecule has 8 heteroatoms. The molecule has 0 spiro atoms. The van der Waals surface area contributed by atoms with E-state index in [1.807, 2.05) is 43.3 Å². The molecular weight excluding hydrogens is 468 g/mol. The van der Waals surface area contributed by atoms with E-state index in [4.69, 9.17) is 4.74 Å². The van der Waals surface area contributed by atoms with Crippen molar-refractivity contribution in [1.82, 2.24) is 10.2 Å². The van der Waals surface area contributed by atoms with Crippen LogP contribution in [0.3, 0.4) is 0 Å². The normalized spacial score (nSPS) is 17.6. The molecule has 37 heavy (non-hydrogen) atoms. The van der Waals surface area contributed by atoms with Gasteiger partial charge in [0.15, 0.2) is 0 Å². The van der Waals surface area contributed by atoms with Gasteiger partial charge in [-0.2, -0.15) is 4.99 Å². The Bertz CT molecular complexity index is 1200. The largest absolute Gasteiger partial charge is 0.395 e. The zero-order chi connectivity index (χ0) is 26.0. The lowest BCUT2D eigenvalue weighted by molar-refractivity contribution is -0.132. The summed E-state index contributed by atoms with van der Waals surface area (Å²) < 4.78 is 5.41. The molecule has 2 heterocycles. The van der Waals surface area contributed by atoms with E-state index in [2.05, 4.69) is 44.2 Å². The molecule has 0 bridgehead atoms. The van der Waals surface area contributed by atoms with Gasteiger partial charge in [-0.05, 0) is 42.3 Å². The Labute approximate surface area is 217 Å². The van der Waals surface area contributed by atoms with E-state index in [9.17, 15) is 14.7 Å². The first kappa shape index (κ1) is 26.6. The van der Waals surface area contributed by atoms with Gasteiger partial charge in [-0.3, -0.25) is 14.5 Å². The van der Waals surface area contributed by atoms with Gasteiger partial charge in [0, 0.05) is 55.7 Å². The Hall–Kier alpha value is -3.48. The number of benzene rings is 2. The number of carbonyl (C=O) groups excluding carboxylic acids is 2. The van der Waals surface area contributed by atoms with Crippen LogP contribution in [0.2, 0.25) is 0 Å². The SMILES string of the molecule is C[C@H](CO)NCC(CC1=NC=NC(=O)C1=O)c1ccc(C#Cc2ccc(CN3CCOCC3)cc2)cc1. The third-order valence-electron chi connectivity index (χ3n) is 6.47. The molecule has 2 N–H and O–H groups in total. The van der Waals surface area contributed by atoms with Crippen LogP contribution in [0.25, 0.3) is 0 Å². The predicted molar refractivity (Wildman–Crippen MR) is 143 cm³/mol. The highest BCUT2D eigenvalue weighted by molar-refractivity contribution is 6.66. The fourth-order valence-electron chi connectivity index (χ4n) is 4.18. The summed E-state index contributed by atoms with van der Waals surface area (Å²) in [5, 5.41) is 12.6. The lowest BCUT2D eigenvalue weighted by atomic mass is 9.90.